The SMILES string of the molecule is Cc1cc(CN2CCN(c3ccc(Cl)c(Cl)c3)CC2)no1. The van der Waals surface area contributed by atoms with Crippen LogP contribution in [-0.2, 0) is 6.54 Å². The Morgan fingerprint density at radius 1 is 1.10 bits per heavy atom. The normalized spacial score (nSPS) is 16.4. The van der Waals surface area contributed by atoms with Crippen molar-refractivity contribution >= 4 is 28.9 Å². The third-order valence-corrected chi connectivity index (χ3v) is 4.44. The minimum absolute atomic E-state index is 0.598. The Bertz CT molecular complexity index is 621. The van der Waals surface area contributed by atoms with Crippen LogP contribution >= 0.6 is 23.2 Å². The van der Waals surface area contributed by atoms with Gasteiger partial charge in [0.25, 0.3) is 0 Å². The topological polar surface area (TPSA) is 32.5 Å². The van der Waals surface area contributed by atoms with Crippen molar-refractivity contribution in [1.82, 2.24) is 10.1 Å². The van der Waals surface area contributed by atoms with Crippen molar-refractivity contribution in [3.63, 3.8) is 0 Å². The van der Waals surface area contributed by atoms with Gasteiger partial charge in [-0.25, -0.2) is 0 Å². The monoisotopic (exact) mass is 325 g/mol. The van der Waals surface area contributed by atoms with Crippen LogP contribution in [-0.4, -0.2) is 36.2 Å². The molecule has 1 fully saturated rings. The van der Waals surface area contributed by atoms with E-state index < -0.39 is 0 Å². The van der Waals surface area contributed by atoms with Crippen LogP contribution in [0.5, 0.6) is 0 Å². The van der Waals surface area contributed by atoms with Crippen molar-refractivity contribution in [2.24, 2.45) is 0 Å². The molecule has 4 nitrogen and oxygen atoms in total. The summed E-state index contributed by atoms with van der Waals surface area (Å²) >= 11 is 12.0. The summed E-state index contributed by atoms with van der Waals surface area (Å²) in [7, 11) is 0. The Morgan fingerprint density at radius 3 is 2.48 bits per heavy atom. The molecule has 2 aromatic rings. The molecule has 3 rings (SSSR count). The lowest BCUT2D eigenvalue weighted by atomic mass is 10.2. The summed E-state index contributed by atoms with van der Waals surface area (Å²) in [6, 6.07) is 7.79. The Morgan fingerprint density at radius 2 is 1.86 bits per heavy atom. The molecular formula is C15H17Cl2N3O. The van der Waals surface area contributed by atoms with Crippen LogP contribution in [0, 0.1) is 6.92 Å². The van der Waals surface area contributed by atoms with Gasteiger partial charge < -0.3 is 9.42 Å². The second-order valence-corrected chi connectivity index (χ2v) is 6.10. The molecule has 112 valence electrons. The molecule has 1 aliphatic heterocycles. The summed E-state index contributed by atoms with van der Waals surface area (Å²) in [5.41, 5.74) is 2.12. The fourth-order valence-corrected chi connectivity index (χ4v) is 2.86. The number of benzene rings is 1. The third-order valence-electron chi connectivity index (χ3n) is 3.70. The average Bonchev–Trinajstić information content (AvgIpc) is 2.88. The Balaban J connectivity index is 1.58. The van der Waals surface area contributed by atoms with Crippen molar-refractivity contribution in [1.29, 1.82) is 0 Å². The predicted octanol–water partition coefficient (Wildman–Crippen LogP) is 3.61. The largest absolute Gasteiger partial charge is 0.369 e. The number of halogens is 2. The van der Waals surface area contributed by atoms with E-state index in [1.165, 1.54) is 0 Å². The highest BCUT2D eigenvalue weighted by atomic mass is 35.5. The van der Waals surface area contributed by atoms with Gasteiger partial charge in [-0.15, -0.1) is 0 Å². The maximum Gasteiger partial charge on any atom is 0.133 e. The van der Waals surface area contributed by atoms with Crippen LogP contribution in [0.4, 0.5) is 5.69 Å². The third kappa shape index (κ3) is 3.51. The van der Waals surface area contributed by atoms with E-state index in [4.69, 9.17) is 27.7 Å². The lowest BCUT2D eigenvalue weighted by Crippen LogP contribution is -2.46. The van der Waals surface area contributed by atoms with Crippen molar-refractivity contribution in [2.45, 2.75) is 13.5 Å². The number of rotatable bonds is 3. The van der Waals surface area contributed by atoms with E-state index in [1.807, 2.05) is 31.2 Å². The van der Waals surface area contributed by atoms with Gasteiger partial charge in [0.05, 0.1) is 15.7 Å². The van der Waals surface area contributed by atoms with E-state index >= 15 is 0 Å². The summed E-state index contributed by atoms with van der Waals surface area (Å²) in [6.07, 6.45) is 0. The number of hydrogen-bond donors (Lipinski definition) is 0. The molecule has 0 bridgehead atoms. The van der Waals surface area contributed by atoms with Crippen molar-refractivity contribution in [3.8, 4) is 0 Å². The van der Waals surface area contributed by atoms with E-state index in [0.29, 0.717) is 10.0 Å². The van der Waals surface area contributed by atoms with Gasteiger partial charge in [0.1, 0.15) is 5.76 Å². The van der Waals surface area contributed by atoms with Gasteiger partial charge >= 0.3 is 0 Å². The molecule has 0 unspecified atom stereocenters. The van der Waals surface area contributed by atoms with Gasteiger partial charge in [-0.05, 0) is 25.1 Å². The summed E-state index contributed by atoms with van der Waals surface area (Å²) in [6.45, 7) is 6.67. The second kappa shape index (κ2) is 6.26. The van der Waals surface area contributed by atoms with Crippen LogP contribution in [0.15, 0.2) is 28.8 Å². The molecule has 0 aliphatic carbocycles. The van der Waals surface area contributed by atoms with E-state index in [0.717, 1.165) is 49.9 Å². The molecule has 1 aromatic carbocycles. The summed E-state index contributed by atoms with van der Waals surface area (Å²) < 4.78 is 5.11. The van der Waals surface area contributed by atoms with E-state index in [2.05, 4.69) is 15.0 Å². The van der Waals surface area contributed by atoms with Crippen LogP contribution < -0.4 is 4.90 Å². The van der Waals surface area contributed by atoms with Crippen LogP contribution in [0.25, 0.3) is 0 Å². The number of anilines is 1. The number of aromatic nitrogens is 1. The minimum atomic E-state index is 0.598. The Hall–Kier alpha value is -1.23. The first-order valence-electron chi connectivity index (χ1n) is 6.96. The number of aryl methyl sites for hydroxylation is 1. The highest BCUT2D eigenvalue weighted by Crippen LogP contribution is 2.27. The van der Waals surface area contributed by atoms with Crippen LogP contribution in [0.3, 0.4) is 0 Å². The molecule has 0 spiro atoms. The minimum Gasteiger partial charge on any atom is -0.369 e. The summed E-state index contributed by atoms with van der Waals surface area (Å²) in [5.74, 6) is 0.861. The molecule has 21 heavy (non-hydrogen) atoms. The van der Waals surface area contributed by atoms with Gasteiger partial charge in [0, 0.05) is 44.5 Å². The first kappa shape index (κ1) is 14.7. The van der Waals surface area contributed by atoms with Crippen molar-refractivity contribution in [3.05, 3.63) is 45.8 Å². The highest BCUT2D eigenvalue weighted by molar-refractivity contribution is 6.42. The molecule has 1 aromatic heterocycles. The molecule has 2 heterocycles. The van der Waals surface area contributed by atoms with Crippen molar-refractivity contribution in [2.75, 3.05) is 31.1 Å². The molecule has 0 radical (unpaired) electrons. The zero-order valence-electron chi connectivity index (χ0n) is 11.9. The van der Waals surface area contributed by atoms with Crippen LogP contribution in [0.1, 0.15) is 11.5 Å². The molecule has 0 saturated carbocycles. The maximum absolute atomic E-state index is 6.08. The number of nitrogens with zero attached hydrogens (tertiary/aromatic N) is 3. The molecule has 1 aliphatic rings. The summed E-state index contributed by atoms with van der Waals surface area (Å²) in [5, 5.41) is 5.25. The highest BCUT2D eigenvalue weighted by Gasteiger charge is 2.18. The lowest BCUT2D eigenvalue weighted by Gasteiger charge is -2.35. The Kier molecular flexibility index (Phi) is 4.38. The molecular weight excluding hydrogens is 309 g/mol. The average molecular weight is 326 g/mol. The molecule has 1 saturated heterocycles. The van der Waals surface area contributed by atoms with Gasteiger partial charge in [0.15, 0.2) is 0 Å². The van der Waals surface area contributed by atoms with Gasteiger partial charge in [0.2, 0.25) is 0 Å². The predicted molar refractivity (Wildman–Crippen MR) is 85.2 cm³/mol. The maximum atomic E-state index is 6.08. The van der Waals surface area contributed by atoms with Gasteiger partial charge in [-0.2, -0.15) is 0 Å². The quantitative estimate of drug-likeness (QED) is 0.862. The van der Waals surface area contributed by atoms with E-state index in [1.54, 1.807) is 0 Å². The van der Waals surface area contributed by atoms with Gasteiger partial charge in [-0.3, -0.25) is 4.90 Å². The van der Waals surface area contributed by atoms with E-state index in [-0.39, 0.29) is 0 Å². The van der Waals surface area contributed by atoms with E-state index in [9.17, 15) is 0 Å². The molecule has 0 atom stereocenters. The Labute approximate surface area is 134 Å². The standard InChI is InChI=1S/C15H17Cl2N3O/c1-11-8-12(18-21-11)10-19-4-6-20(7-5-19)13-2-3-14(16)15(17)9-13/h2-3,8-9H,4-7,10H2,1H3. The molecule has 0 amide bonds. The zero-order valence-corrected chi connectivity index (χ0v) is 13.4. The van der Waals surface area contributed by atoms with Gasteiger partial charge in [-0.1, -0.05) is 28.4 Å². The molecule has 6 heteroatoms. The number of hydrogen-bond acceptors (Lipinski definition) is 4. The smallest absolute Gasteiger partial charge is 0.133 e. The second-order valence-electron chi connectivity index (χ2n) is 5.29. The van der Waals surface area contributed by atoms with Crippen molar-refractivity contribution < 1.29 is 4.52 Å². The first-order chi connectivity index (χ1) is 10.1. The van der Waals surface area contributed by atoms with Crippen LogP contribution in [0.2, 0.25) is 10.0 Å². The molecule has 0 N–H and O–H groups in total. The fraction of sp³-hybridized carbons (Fsp3) is 0.400. The first-order valence-corrected chi connectivity index (χ1v) is 7.72. The summed E-state index contributed by atoms with van der Waals surface area (Å²) in [4.78, 5) is 4.71. The number of piperazine rings is 1. The fourth-order valence-electron chi connectivity index (χ4n) is 2.57. The lowest BCUT2D eigenvalue weighted by molar-refractivity contribution is 0.242. The zero-order chi connectivity index (χ0) is 14.8.